The molecule has 0 bridgehead atoms. The number of nitrogens with zero attached hydrogens (tertiary/aromatic N) is 2. The van der Waals surface area contributed by atoms with E-state index in [0.29, 0.717) is 86.1 Å². The van der Waals surface area contributed by atoms with Gasteiger partial charge in [0.25, 0.3) is 0 Å². The maximum atomic E-state index is 11.0. The topological polar surface area (TPSA) is 118 Å². The van der Waals surface area contributed by atoms with Gasteiger partial charge in [-0.05, 0) is 129 Å². The summed E-state index contributed by atoms with van der Waals surface area (Å²) in [6.45, 7) is 7.74. The number of benzene rings is 4. The molecule has 0 aromatic heterocycles. The van der Waals surface area contributed by atoms with Crippen LogP contribution in [-0.2, 0) is 47.1 Å². The van der Waals surface area contributed by atoms with E-state index in [9.17, 15) is 9.59 Å². The molecule has 12 heteroatoms. The lowest BCUT2D eigenvalue weighted by molar-refractivity contribution is -0.138. The summed E-state index contributed by atoms with van der Waals surface area (Å²) in [6.07, 6.45) is 2.86. The van der Waals surface area contributed by atoms with E-state index < -0.39 is 11.9 Å². The Bertz CT molecular complexity index is 2020. The molecule has 0 saturated carbocycles. The number of ether oxygens (including phenoxy) is 4. The molecule has 0 radical (unpaired) electrons. The number of aliphatic carboxylic acids is 2. The normalized spacial score (nSPS) is 13.6. The Labute approximate surface area is 346 Å². The standard InChI is InChI=1S/C45H54Cl2N2O8/c1-6-55-41-24-43(39(47)22-32(41)26-49(4)20-10-16-45(52)53)57-40-18-17-36-35(13-8-14-37(36)40)34-12-7-11-30(29(34)2)28-56-42-23-33(27-54-5)31(21-38(42)46)25-48(3)19-9-15-44(50)51/h7-8,11-14,21-24,40H,6,9-10,15-20,25-28H2,1-5H3,(H,50,51)(H,52,53)/t40-/m0/s1. The van der Waals surface area contributed by atoms with Crippen LogP contribution in [0.15, 0.2) is 60.7 Å². The minimum atomic E-state index is -0.798. The monoisotopic (exact) mass is 820 g/mol. The van der Waals surface area contributed by atoms with E-state index in [1.807, 2.05) is 45.3 Å². The Morgan fingerprint density at radius 1 is 0.754 bits per heavy atom. The number of carbonyl (C=O) groups is 2. The zero-order valence-electron chi connectivity index (χ0n) is 33.5. The number of fused-ring (bicyclic) bond motifs is 1. The van der Waals surface area contributed by atoms with Gasteiger partial charge in [-0.3, -0.25) is 9.59 Å². The lowest BCUT2D eigenvalue weighted by Gasteiger charge is -2.22. The molecule has 0 amide bonds. The van der Waals surface area contributed by atoms with Gasteiger partial charge >= 0.3 is 11.9 Å². The van der Waals surface area contributed by atoms with E-state index in [2.05, 4.69) is 53.1 Å². The van der Waals surface area contributed by atoms with E-state index in [0.717, 1.165) is 57.3 Å². The SMILES string of the molecule is CCOc1cc(O[C@H]2CCc3c(-c4cccc(COc5cc(COC)c(CN(C)CCCC(=O)O)cc5Cl)c4C)cccc32)c(Cl)cc1CN(C)CCCC(=O)O. The van der Waals surface area contributed by atoms with Crippen LogP contribution in [-0.4, -0.2) is 72.9 Å². The smallest absolute Gasteiger partial charge is 0.303 e. The molecule has 1 atom stereocenters. The summed E-state index contributed by atoms with van der Waals surface area (Å²) in [5.41, 5.74) is 9.75. The second-order valence-corrected chi connectivity index (χ2v) is 15.5. The zero-order chi connectivity index (χ0) is 41.1. The molecule has 5 rings (SSSR count). The maximum Gasteiger partial charge on any atom is 0.303 e. The van der Waals surface area contributed by atoms with E-state index >= 15 is 0 Å². The molecule has 306 valence electrons. The molecule has 0 heterocycles. The summed E-state index contributed by atoms with van der Waals surface area (Å²) in [5.74, 6) is 0.255. The fourth-order valence-corrected chi connectivity index (χ4v) is 7.91. The van der Waals surface area contributed by atoms with E-state index in [4.69, 9.17) is 52.4 Å². The fourth-order valence-electron chi connectivity index (χ4n) is 7.44. The maximum absolute atomic E-state index is 11.0. The third-order valence-corrected chi connectivity index (χ3v) is 10.9. The average molecular weight is 822 g/mol. The molecule has 4 aromatic carbocycles. The highest BCUT2D eigenvalue weighted by Gasteiger charge is 2.28. The predicted octanol–water partition coefficient (Wildman–Crippen LogP) is 9.75. The van der Waals surface area contributed by atoms with Crippen LogP contribution >= 0.6 is 23.2 Å². The van der Waals surface area contributed by atoms with E-state index in [-0.39, 0.29) is 18.9 Å². The summed E-state index contributed by atoms with van der Waals surface area (Å²) in [4.78, 5) is 26.1. The van der Waals surface area contributed by atoms with Crippen LogP contribution in [0.4, 0.5) is 0 Å². The van der Waals surface area contributed by atoms with Crippen LogP contribution in [0.25, 0.3) is 11.1 Å². The lowest BCUT2D eigenvalue weighted by Crippen LogP contribution is -2.21. The molecule has 0 aliphatic heterocycles. The predicted molar refractivity (Wildman–Crippen MR) is 224 cm³/mol. The highest BCUT2D eigenvalue weighted by molar-refractivity contribution is 6.32. The molecule has 0 spiro atoms. The summed E-state index contributed by atoms with van der Waals surface area (Å²) in [7, 11) is 5.57. The van der Waals surface area contributed by atoms with Crippen molar-refractivity contribution >= 4 is 35.1 Å². The van der Waals surface area contributed by atoms with Crippen LogP contribution in [0.3, 0.4) is 0 Å². The van der Waals surface area contributed by atoms with Crippen LogP contribution < -0.4 is 14.2 Å². The van der Waals surface area contributed by atoms with Crippen LogP contribution in [0, 0.1) is 6.92 Å². The van der Waals surface area contributed by atoms with E-state index in [1.165, 1.54) is 5.56 Å². The van der Waals surface area contributed by atoms with Crippen LogP contribution in [0.5, 0.6) is 17.2 Å². The van der Waals surface area contributed by atoms with Gasteiger partial charge < -0.3 is 39.0 Å². The number of hydrogen-bond acceptors (Lipinski definition) is 8. The molecule has 0 saturated heterocycles. The van der Waals surface area contributed by atoms with Gasteiger partial charge in [0.05, 0.1) is 23.3 Å². The third-order valence-electron chi connectivity index (χ3n) is 10.3. The summed E-state index contributed by atoms with van der Waals surface area (Å²) in [6, 6.07) is 20.3. The Hall–Kier alpha value is -4.32. The molecule has 0 unspecified atom stereocenters. The van der Waals surface area contributed by atoms with Crippen molar-refractivity contribution in [1.29, 1.82) is 0 Å². The quantitative estimate of drug-likeness (QED) is 0.0794. The molecular formula is C45H54Cl2N2O8. The molecule has 4 aromatic rings. The van der Waals surface area contributed by atoms with Gasteiger partial charge in [-0.15, -0.1) is 0 Å². The molecule has 10 nitrogen and oxygen atoms in total. The van der Waals surface area contributed by atoms with Crippen LogP contribution in [0.1, 0.15) is 84.1 Å². The third kappa shape index (κ3) is 11.9. The minimum absolute atomic E-state index is 0.127. The number of methoxy groups -OCH3 is 1. The van der Waals surface area contributed by atoms with E-state index in [1.54, 1.807) is 7.11 Å². The Morgan fingerprint density at radius 3 is 2.05 bits per heavy atom. The zero-order valence-corrected chi connectivity index (χ0v) is 35.0. The van der Waals surface area contributed by atoms with Gasteiger partial charge in [-0.1, -0.05) is 59.6 Å². The Kier molecular flexibility index (Phi) is 16.1. The van der Waals surface area contributed by atoms with Crippen molar-refractivity contribution < 1.29 is 38.7 Å². The molecule has 0 fully saturated rings. The number of hydrogen-bond donors (Lipinski definition) is 2. The summed E-state index contributed by atoms with van der Waals surface area (Å²) < 4.78 is 24.5. The van der Waals surface area contributed by atoms with Crippen molar-refractivity contribution in [3.63, 3.8) is 0 Å². The first kappa shape index (κ1) is 43.8. The number of carboxylic acids is 2. The Morgan fingerprint density at radius 2 is 1.39 bits per heavy atom. The van der Waals surface area contributed by atoms with Gasteiger partial charge in [0, 0.05) is 44.7 Å². The second kappa shape index (κ2) is 20.9. The van der Waals surface area contributed by atoms with Crippen molar-refractivity contribution in [3.8, 4) is 28.4 Å². The van der Waals surface area contributed by atoms with Gasteiger partial charge in [0.15, 0.2) is 0 Å². The van der Waals surface area contributed by atoms with Crippen LogP contribution in [0.2, 0.25) is 10.0 Å². The fraction of sp³-hybridized carbons (Fsp3) is 0.422. The highest BCUT2D eigenvalue weighted by Crippen LogP contribution is 2.44. The molecule has 1 aliphatic rings. The largest absolute Gasteiger partial charge is 0.493 e. The highest BCUT2D eigenvalue weighted by atomic mass is 35.5. The van der Waals surface area contributed by atoms with Gasteiger partial charge in [0.1, 0.15) is 30.0 Å². The number of rotatable bonds is 22. The molecule has 1 aliphatic carbocycles. The lowest BCUT2D eigenvalue weighted by atomic mass is 9.91. The Balaban J connectivity index is 1.31. The number of carboxylic acid groups (broad SMARTS) is 2. The summed E-state index contributed by atoms with van der Waals surface area (Å²) >= 11 is 13.6. The van der Waals surface area contributed by atoms with Crippen molar-refractivity contribution in [2.75, 3.05) is 40.9 Å². The van der Waals surface area contributed by atoms with Gasteiger partial charge in [0.2, 0.25) is 0 Å². The number of halogens is 2. The average Bonchev–Trinajstić information content (AvgIpc) is 3.57. The molecule has 57 heavy (non-hydrogen) atoms. The molecular weight excluding hydrogens is 767 g/mol. The first-order chi connectivity index (χ1) is 27.4. The van der Waals surface area contributed by atoms with Gasteiger partial charge in [-0.2, -0.15) is 0 Å². The van der Waals surface area contributed by atoms with Gasteiger partial charge in [-0.25, -0.2) is 0 Å². The van der Waals surface area contributed by atoms with Crippen molar-refractivity contribution in [1.82, 2.24) is 9.80 Å². The second-order valence-electron chi connectivity index (χ2n) is 14.7. The molecule has 2 N–H and O–H groups in total. The minimum Gasteiger partial charge on any atom is -0.493 e. The summed E-state index contributed by atoms with van der Waals surface area (Å²) in [5, 5.41) is 19.0. The first-order valence-corrected chi connectivity index (χ1v) is 20.2. The van der Waals surface area contributed by atoms with Crippen molar-refractivity contribution in [2.24, 2.45) is 0 Å². The first-order valence-electron chi connectivity index (χ1n) is 19.4. The van der Waals surface area contributed by atoms with Crippen molar-refractivity contribution in [3.05, 3.63) is 110 Å². The van der Waals surface area contributed by atoms with Crippen molar-refractivity contribution in [2.45, 2.75) is 84.8 Å².